The number of thioether (sulfide) groups is 1. The predicted molar refractivity (Wildman–Crippen MR) is 70.9 cm³/mol. The number of hydrogen-bond donors (Lipinski definition) is 1. The monoisotopic (exact) mass is 289 g/mol. The fourth-order valence-electron chi connectivity index (χ4n) is 2.12. The predicted octanol–water partition coefficient (Wildman–Crippen LogP) is 0.439. The summed E-state index contributed by atoms with van der Waals surface area (Å²) in [5.74, 6) is 0.122. The first-order chi connectivity index (χ1) is 9.08. The van der Waals surface area contributed by atoms with Gasteiger partial charge in [-0.2, -0.15) is 4.98 Å². The van der Waals surface area contributed by atoms with Crippen LogP contribution >= 0.6 is 11.8 Å². The van der Waals surface area contributed by atoms with Crippen molar-refractivity contribution in [3.63, 3.8) is 0 Å². The summed E-state index contributed by atoms with van der Waals surface area (Å²) in [6.07, 6.45) is -0.464. The molecule has 0 spiro atoms. The molecule has 0 radical (unpaired) electrons. The van der Waals surface area contributed by atoms with Crippen LogP contribution < -0.4 is 11.4 Å². The topological polar surface area (TPSA) is 79.4 Å². The second kappa shape index (κ2) is 5.89. The van der Waals surface area contributed by atoms with Crippen molar-refractivity contribution in [2.75, 3.05) is 26.6 Å². The van der Waals surface area contributed by atoms with Crippen LogP contribution in [-0.4, -0.2) is 47.9 Å². The summed E-state index contributed by atoms with van der Waals surface area (Å²) in [5.41, 5.74) is 4.86. The molecule has 6 nitrogen and oxygen atoms in total. The molecule has 1 aromatic rings. The summed E-state index contributed by atoms with van der Waals surface area (Å²) in [6, 6.07) is 1.47. The zero-order chi connectivity index (χ0) is 14.0. The van der Waals surface area contributed by atoms with E-state index in [1.54, 1.807) is 7.11 Å². The Morgan fingerprint density at radius 2 is 2.32 bits per heavy atom. The van der Waals surface area contributed by atoms with Crippen LogP contribution in [0, 0.1) is 0 Å². The molecular formula is C11H16FN3O3S. The van der Waals surface area contributed by atoms with Gasteiger partial charge >= 0.3 is 5.69 Å². The number of methoxy groups -OCH3 is 2. The number of nitrogen functional groups attached to an aromatic ring is 1. The average molecular weight is 289 g/mol. The highest BCUT2D eigenvalue weighted by molar-refractivity contribution is 8.00. The van der Waals surface area contributed by atoms with Gasteiger partial charge in [0.2, 0.25) is 0 Å². The fourth-order valence-corrected chi connectivity index (χ4v) is 3.70. The summed E-state index contributed by atoms with van der Waals surface area (Å²) >= 11 is 1.31. The molecule has 4 atom stereocenters. The van der Waals surface area contributed by atoms with Gasteiger partial charge in [-0.25, -0.2) is 9.18 Å². The molecule has 0 bridgehead atoms. The largest absolute Gasteiger partial charge is 0.383 e. The van der Waals surface area contributed by atoms with Gasteiger partial charge in [0.25, 0.3) is 0 Å². The van der Waals surface area contributed by atoms with Gasteiger partial charge in [-0.3, -0.25) is 4.57 Å². The van der Waals surface area contributed by atoms with Crippen LogP contribution in [0.25, 0.3) is 0 Å². The van der Waals surface area contributed by atoms with Crippen LogP contribution in [0.4, 0.5) is 10.2 Å². The maximum Gasteiger partial charge on any atom is 0.350 e. The molecule has 1 fully saturated rings. The summed E-state index contributed by atoms with van der Waals surface area (Å²) in [7, 11) is 3.00. The van der Waals surface area contributed by atoms with Crippen molar-refractivity contribution in [3.8, 4) is 0 Å². The second-order valence-electron chi connectivity index (χ2n) is 4.21. The summed E-state index contributed by atoms with van der Waals surface area (Å²) in [5, 5.41) is -0.842. The van der Waals surface area contributed by atoms with Crippen molar-refractivity contribution < 1.29 is 13.9 Å². The highest BCUT2D eigenvalue weighted by Crippen LogP contribution is 2.44. The number of ether oxygens (including phenoxy) is 2. The first-order valence-corrected chi connectivity index (χ1v) is 6.68. The number of halogens is 1. The molecule has 106 valence electrons. The first kappa shape index (κ1) is 14.3. The van der Waals surface area contributed by atoms with E-state index in [4.69, 9.17) is 15.2 Å². The molecule has 0 aromatic carbocycles. The van der Waals surface area contributed by atoms with E-state index in [2.05, 4.69) is 4.98 Å². The number of alkyl halides is 1. The van der Waals surface area contributed by atoms with Crippen LogP contribution in [0.3, 0.4) is 0 Å². The fraction of sp³-hybridized carbons (Fsp3) is 0.636. The number of anilines is 1. The third-order valence-electron chi connectivity index (χ3n) is 3.00. The number of hydrogen-bond acceptors (Lipinski definition) is 6. The highest BCUT2D eigenvalue weighted by atomic mass is 32.2. The third-order valence-corrected chi connectivity index (χ3v) is 4.52. The van der Waals surface area contributed by atoms with Crippen LogP contribution in [0.5, 0.6) is 0 Å². The highest BCUT2D eigenvalue weighted by Gasteiger charge is 2.46. The normalized spacial score (nSPS) is 30.7. The molecule has 0 saturated carbocycles. The van der Waals surface area contributed by atoms with E-state index in [1.807, 2.05) is 0 Å². The molecule has 2 N–H and O–H groups in total. The summed E-state index contributed by atoms with van der Waals surface area (Å²) in [6.45, 7) is 0.358. The molecule has 0 aliphatic carbocycles. The van der Waals surface area contributed by atoms with Gasteiger partial charge in [-0.15, -0.1) is 11.8 Å². The number of nitrogens with zero attached hydrogens (tertiary/aromatic N) is 2. The molecule has 8 heteroatoms. The van der Waals surface area contributed by atoms with Crippen LogP contribution in [0.2, 0.25) is 0 Å². The molecule has 2 rings (SSSR count). The summed E-state index contributed by atoms with van der Waals surface area (Å²) in [4.78, 5) is 15.4. The van der Waals surface area contributed by atoms with Crippen molar-refractivity contribution in [2.45, 2.75) is 22.9 Å². The van der Waals surface area contributed by atoms with Crippen LogP contribution in [-0.2, 0) is 9.47 Å². The minimum absolute atomic E-state index is 0.122. The number of aromatic nitrogens is 2. The minimum Gasteiger partial charge on any atom is -0.383 e. The maximum absolute atomic E-state index is 14.4. The Kier molecular flexibility index (Phi) is 4.43. The van der Waals surface area contributed by atoms with E-state index < -0.39 is 23.3 Å². The molecule has 19 heavy (non-hydrogen) atoms. The van der Waals surface area contributed by atoms with Crippen molar-refractivity contribution in [2.24, 2.45) is 0 Å². The second-order valence-corrected chi connectivity index (χ2v) is 5.57. The smallest absolute Gasteiger partial charge is 0.350 e. The minimum atomic E-state index is -1.31. The van der Waals surface area contributed by atoms with Crippen LogP contribution in [0.1, 0.15) is 5.37 Å². The zero-order valence-corrected chi connectivity index (χ0v) is 11.5. The standard InChI is InChI=1S/C11H16FN3O3S/c1-17-5-6-9(18-2)8(12)10(19-6)15-4-3-7(13)14-11(15)16/h3-4,6,8-10H,5H2,1-2H3,(H2,13,14,16). The molecule has 0 amide bonds. The van der Waals surface area contributed by atoms with E-state index >= 15 is 0 Å². The van der Waals surface area contributed by atoms with Gasteiger partial charge in [0.05, 0.1) is 11.9 Å². The molecule has 1 aromatic heterocycles. The van der Waals surface area contributed by atoms with E-state index in [0.29, 0.717) is 6.61 Å². The van der Waals surface area contributed by atoms with Gasteiger partial charge in [0, 0.05) is 20.4 Å². The Bertz CT molecular complexity index is 498. The molecule has 1 aliphatic heterocycles. The van der Waals surface area contributed by atoms with Crippen molar-refractivity contribution in [1.82, 2.24) is 9.55 Å². The Morgan fingerprint density at radius 1 is 1.58 bits per heavy atom. The number of nitrogens with two attached hydrogens (primary N) is 1. The van der Waals surface area contributed by atoms with Crippen molar-refractivity contribution in [3.05, 3.63) is 22.7 Å². The van der Waals surface area contributed by atoms with Crippen molar-refractivity contribution >= 4 is 17.6 Å². The van der Waals surface area contributed by atoms with E-state index in [9.17, 15) is 9.18 Å². The lowest BCUT2D eigenvalue weighted by Gasteiger charge is -2.18. The Morgan fingerprint density at radius 3 is 2.89 bits per heavy atom. The lowest BCUT2D eigenvalue weighted by Crippen LogP contribution is -2.35. The first-order valence-electron chi connectivity index (χ1n) is 5.74. The van der Waals surface area contributed by atoms with Gasteiger partial charge in [0.15, 0.2) is 6.17 Å². The Balaban J connectivity index is 2.28. The molecule has 4 unspecified atom stereocenters. The van der Waals surface area contributed by atoms with Gasteiger partial charge < -0.3 is 15.2 Å². The maximum atomic E-state index is 14.4. The van der Waals surface area contributed by atoms with E-state index in [-0.39, 0.29) is 11.1 Å². The lowest BCUT2D eigenvalue weighted by atomic mass is 10.1. The van der Waals surface area contributed by atoms with Gasteiger partial charge in [-0.05, 0) is 6.07 Å². The molecule has 1 saturated heterocycles. The molecular weight excluding hydrogens is 273 g/mol. The summed E-state index contributed by atoms with van der Waals surface area (Å²) < 4.78 is 25.8. The quantitative estimate of drug-likeness (QED) is 0.866. The SMILES string of the molecule is COCC1SC(n2ccc(N)nc2=O)C(F)C1OC. The molecule has 1 aliphatic rings. The van der Waals surface area contributed by atoms with Gasteiger partial charge in [-0.1, -0.05) is 0 Å². The third kappa shape index (κ3) is 2.75. The van der Waals surface area contributed by atoms with Gasteiger partial charge in [0.1, 0.15) is 17.3 Å². The zero-order valence-electron chi connectivity index (χ0n) is 10.7. The lowest BCUT2D eigenvalue weighted by molar-refractivity contribution is 0.0183. The van der Waals surface area contributed by atoms with E-state index in [1.165, 1.54) is 35.7 Å². The van der Waals surface area contributed by atoms with Crippen LogP contribution in [0.15, 0.2) is 17.1 Å². The average Bonchev–Trinajstić information content (AvgIpc) is 2.66. The Labute approximate surface area is 114 Å². The Hall–Kier alpha value is -1.12. The van der Waals surface area contributed by atoms with E-state index in [0.717, 1.165) is 0 Å². The van der Waals surface area contributed by atoms with Crippen molar-refractivity contribution in [1.29, 1.82) is 0 Å². The number of rotatable bonds is 4. The molecule has 2 heterocycles.